The van der Waals surface area contributed by atoms with E-state index in [9.17, 15) is 4.79 Å². The zero-order valence-electron chi connectivity index (χ0n) is 10.1. The lowest BCUT2D eigenvalue weighted by Gasteiger charge is -2.08. The minimum atomic E-state index is -0.672. The van der Waals surface area contributed by atoms with Gasteiger partial charge in [0.25, 0.3) is 0 Å². The van der Waals surface area contributed by atoms with Crippen LogP contribution < -0.4 is 5.32 Å². The van der Waals surface area contributed by atoms with Crippen molar-refractivity contribution in [1.82, 2.24) is 10.3 Å². The summed E-state index contributed by atoms with van der Waals surface area (Å²) in [6, 6.07) is 0. The number of thiazole rings is 1. The highest BCUT2D eigenvalue weighted by atomic mass is 32.1. The number of aromatic nitrogens is 1. The molecule has 17 heavy (non-hydrogen) atoms. The Morgan fingerprint density at radius 2 is 2.47 bits per heavy atom. The van der Waals surface area contributed by atoms with Gasteiger partial charge in [0, 0.05) is 17.8 Å². The molecule has 6 heteroatoms. The summed E-state index contributed by atoms with van der Waals surface area (Å²) in [5.41, 5.74) is 0.887. The fraction of sp³-hybridized carbons (Fsp3) is 0.636. The molecule has 1 aliphatic rings. The van der Waals surface area contributed by atoms with Gasteiger partial charge in [0.1, 0.15) is 6.10 Å². The fourth-order valence-corrected chi connectivity index (χ4v) is 2.48. The van der Waals surface area contributed by atoms with E-state index >= 15 is 0 Å². The van der Waals surface area contributed by atoms with Crippen LogP contribution in [-0.2, 0) is 14.3 Å². The number of hydrogen-bond acceptors (Lipinski definition) is 6. The van der Waals surface area contributed by atoms with Crippen LogP contribution in [0, 0.1) is 0 Å². The second kappa shape index (κ2) is 5.12. The SMILES string of the molecule is COC(=O)C1NCC(c2csc(C(C)C)n2)O1. The molecule has 1 aromatic rings. The van der Waals surface area contributed by atoms with Gasteiger partial charge in [-0.25, -0.2) is 9.78 Å². The molecule has 1 aromatic heterocycles. The Hall–Kier alpha value is -0.980. The van der Waals surface area contributed by atoms with Gasteiger partial charge in [-0.1, -0.05) is 13.8 Å². The van der Waals surface area contributed by atoms with Gasteiger partial charge in [0.15, 0.2) is 0 Å². The van der Waals surface area contributed by atoms with Crippen LogP contribution in [0.15, 0.2) is 5.38 Å². The molecule has 1 aliphatic heterocycles. The Balaban J connectivity index is 2.02. The summed E-state index contributed by atoms with van der Waals surface area (Å²) >= 11 is 1.62. The molecule has 0 bridgehead atoms. The quantitative estimate of drug-likeness (QED) is 0.829. The molecular formula is C11H16N2O3S. The zero-order valence-corrected chi connectivity index (χ0v) is 10.9. The van der Waals surface area contributed by atoms with Gasteiger partial charge in [-0.05, 0) is 0 Å². The predicted octanol–water partition coefficient (Wildman–Crippen LogP) is 1.43. The van der Waals surface area contributed by atoms with E-state index in [1.54, 1.807) is 11.3 Å². The van der Waals surface area contributed by atoms with E-state index in [4.69, 9.17) is 4.74 Å². The molecule has 94 valence electrons. The maximum absolute atomic E-state index is 11.3. The third kappa shape index (κ3) is 2.65. The van der Waals surface area contributed by atoms with Crippen molar-refractivity contribution in [3.63, 3.8) is 0 Å². The van der Waals surface area contributed by atoms with Crippen LogP contribution >= 0.6 is 11.3 Å². The molecule has 1 fully saturated rings. The molecule has 2 atom stereocenters. The Kier molecular flexibility index (Phi) is 3.76. The molecule has 2 unspecified atom stereocenters. The molecule has 1 saturated heterocycles. The Bertz CT molecular complexity index is 405. The highest BCUT2D eigenvalue weighted by Crippen LogP contribution is 2.27. The minimum Gasteiger partial charge on any atom is -0.466 e. The number of ether oxygens (including phenoxy) is 2. The first-order chi connectivity index (χ1) is 8.11. The highest BCUT2D eigenvalue weighted by molar-refractivity contribution is 7.09. The van der Waals surface area contributed by atoms with E-state index in [2.05, 4.69) is 28.9 Å². The van der Waals surface area contributed by atoms with Crippen LogP contribution in [0.3, 0.4) is 0 Å². The van der Waals surface area contributed by atoms with Crippen molar-refractivity contribution in [1.29, 1.82) is 0 Å². The number of esters is 1. The maximum Gasteiger partial charge on any atom is 0.350 e. The molecule has 0 radical (unpaired) electrons. The number of nitrogens with zero attached hydrogens (tertiary/aromatic N) is 1. The van der Waals surface area contributed by atoms with Crippen LogP contribution in [-0.4, -0.2) is 30.8 Å². The van der Waals surface area contributed by atoms with Crippen LogP contribution in [0.1, 0.15) is 36.6 Å². The first-order valence-corrected chi connectivity index (χ1v) is 6.41. The van der Waals surface area contributed by atoms with Crippen LogP contribution in [0.5, 0.6) is 0 Å². The summed E-state index contributed by atoms with van der Waals surface area (Å²) in [6.07, 6.45) is -0.836. The summed E-state index contributed by atoms with van der Waals surface area (Å²) in [5.74, 6) is 0.0197. The normalized spacial score (nSPS) is 24.2. The summed E-state index contributed by atoms with van der Waals surface area (Å²) in [4.78, 5) is 15.8. The summed E-state index contributed by atoms with van der Waals surface area (Å²) in [6.45, 7) is 4.79. The summed E-state index contributed by atoms with van der Waals surface area (Å²) in [7, 11) is 1.35. The van der Waals surface area contributed by atoms with Crippen LogP contribution in [0.4, 0.5) is 0 Å². The van der Waals surface area contributed by atoms with Gasteiger partial charge in [0.2, 0.25) is 6.23 Å². The summed E-state index contributed by atoms with van der Waals surface area (Å²) < 4.78 is 10.2. The van der Waals surface area contributed by atoms with E-state index in [1.165, 1.54) is 7.11 Å². The van der Waals surface area contributed by atoms with Gasteiger partial charge in [0.05, 0.1) is 17.8 Å². The van der Waals surface area contributed by atoms with E-state index in [0.29, 0.717) is 12.5 Å². The number of nitrogens with one attached hydrogen (secondary N) is 1. The van der Waals surface area contributed by atoms with Crippen molar-refractivity contribution in [2.24, 2.45) is 0 Å². The Labute approximate surface area is 104 Å². The molecule has 5 nitrogen and oxygen atoms in total. The molecule has 0 saturated carbocycles. The van der Waals surface area contributed by atoms with Crippen LogP contribution in [0.25, 0.3) is 0 Å². The maximum atomic E-state index is 11.3. The lowest BCUT2D eigenvalue weighted by Crippen LogP contribution is -2.32. The number of carbonyl (C=O) groups excluding carboxylic acids is 1. The Morgan fingerprint density at radius 3 is 3.06 bits per heavy atom. The van der Waals surface area contributed by atoms with Crippen molar-refractivity contribution in [3.8, 4) is 0 Å². The van der Waals surface area contributed by atoms with Gasteiger partial charge in [-0.2, -0.15) is 0 Å². The monoisotopic (exact) mass is 256 g/mol. The lowest BCUT2D eigenvalue weighted by molar-refractivity contribution is -0.154. The minimum absolute atomic E-state index is 0.164. The van der Waals surface area contributed by atoms with Gasteiger partial charge in [-0.3, -0.25) is 5.32 Å². The second-order valence-electron chi connectivity index (χ2n) is 4.20. The molecule has 0 amide bonds. The van der Waals surface area contributed by atoms with E-state index in [-0.39, 0.29) is 6.10 Å². The van der Waals surface area contributed by atoms with E-state index in [1.807, 2.05) is 5.38 Å². The average molecular weight is 256 g/mol. The van der Waals surface area contributed by atoms with Gasteiger partial charge >= 0.3 is 5.97 Å². The molecule has 2 rings (SSSR count). The van der Waals surface area contributed by atoms with Crippen molar-refractivity contribution >= 4 is 17.3 Å². The van der Waals surface area contributed by atoms with Crippen molar-refractivity contribution in [3.05, 3.63) is 16.1 Å². The van der Waals surface area contributed by atoms with Gasteiger partial charge < -0.3 is 9.47 Å². The topological polar surface area (TPSA) is 60.5 Å². The third-order valence-electron chi connectivity index (χ3n) is 2.57. The lowest BCUT2D eigenvalue weighted by atomic mass is 10.2. The molecule has 0 aromatic carbocycles. The smallest absolute Gasteiger partial charge is 0.350 e. The number of hydrogen-bond donors (Lipinski definition) is 1. The summed E-state index contributed by atoms with van der Waals surface area (Å²) in [5, 5.41) is 6.04. The Morgan fingerprint density at radius 1 is 1.71 bits per heavy atom. The van der Waals surface area contributed by atoms with Crippen molar-refractivity contribution in [2.75, 3.05) is 13.7 Å². The van der Waals surface area contributed by atoms with Crippen molar-refractivity contribution in [2.45, 2.75) is 32.1 Å². The zero-order chi connectivity index (χ0) is 12.4. The first kappa shape index (κ1) is 12.5. The van der Waals surface area contributed by atoms with Crippen molar-refractivity contribution < 1.29 is 14.3 Å². The molecule has 0 spiro atoms. The largest absolute Gasteiger partial charge is 0.466 e. The second-order valence-corrected chi connectivity index (χ2v) is 5.09. The van der Waals surface area contributed by atoms with E-state index < -0.39 is 12.2 Å². The van der Waals surface area contributed by atoms with E-state index in [0.717, 1.165) is 10.7 Å². The van der Waals surface area contributed by atoms with Gasteiger partial charge in [-0.15, -0.1) is 11.3 Å². The number of rotatable bonds is 3. The standard InChI is InChI=1S/C11H16N2O3S/c1-6(2)10-13-7(5-17-10)8-4-12-9(16-8)11(14)15-3/h5-6,8-9,12H,4H2,1-3H3. The first-order valence-electron chi connectivity index (χ1n) is 5.53. The third-order valence-corrected chi connectivity index (χ3v) is 3.73. The van der Waals surface area contributed by atoms with Crippen LogP contribution in [0.2, 0.25) is 0 Å². The average Bonchev–Trinajstić information content (AvgIpc) is 2.95. The number of methoxy groups -OCH3 is 1. The predicted molar refractivity (Wildman–Crippen MR) is 63.8 cm³/mol. The number of carbonyl (C=O) groups is 1. The molecule has 2 heterocycles. The molecule has 1 N–H and O–H groups in total. The molecular weight excluding hydrogens is 240 g/mol. The fourth-order valence-electron chi connectivity index (χ4n) is 1.61. The highest BCUT2D eigenvalue weighted by Gasteiger charge is 2.33. The molecule has 0 aliphatic carbocycles.